The largest absolute Gasteiger partial charge is 0.481 e. The van der Waals surface area contributed by atoms with Gasteiger partial charge in [-0.3, -0.25) is 4.79 Å². The first kappa shape index (κ1) is 62.8. The number of carbonyl (C=O) groups is 1. The zero-order valence-corrected chi connectivity index (χ0v) is 32.0. The van der Waals surface area contributed by atoms with E-state index in [9.17, 15) is 154 Å². The topological polar surface area (TPSA) is 37.3 Å². The Bertz CT molecular complexity index is 1540. The van der Waals surface area contributed by atoms with E-state index in [-0.39, 0.29) is 0 Å². The molecule has 0 aliphatic rings. The molecule has 0 aromatic rings. The van der Waals surface area contributed by atoms with Gasteiger partial charge in [-0.2, -0.15) is 149 Å². The molecule has 0 radical (unpaired) electrons. The SMILES string of the molecule is CC(C)(CCC(=O)O)C(SCCC(F)(F)C(F)(F)C(F)(F)C(F)(F)C(F)(F)C(F)(F)C(F)(F)C(F)(F)F)SCCC(F)(F)C(F)(F)C(F)(F)C(F)(F)C(F)(F)C(F)(F)C(F)(F)C(F)(F)F. The highest BCUT2D eigenvalue weighted by atomic mass is 32.2. The highest BCUT2D eigenvalue weighted by Gasteiger charge is 2.97. The lowest BCUT2D eigenvalue weighted by Gasteiger charge is -2.43. The maximum atomic E-state index is 14.4. The van der Waals surface area contributed by atoms with Gasteiger partial charge >= 0.3 is 101 Å². The Kier molecular flexibility index (Phi) is 17.0. The van der Waals surface area contributed by atoms with E-state index in [4.69, 9.17) is 5.11 Å². The molecule has 0 aliphatic heterocycles. The number of carboxylic acids is 1. The molecule has 0 unspecified atom stereocenters. The van der Waals surface area contributed by atoms with E-state index in [1.165, 1.54) is 0 Å². The van der Waals surface area contributed by atoms with Gasteiger partial charge in [-0.25, -0.2) is 0 Å². The van der Waals surface area contributed by atoms with E-state index in [2.05, 4.69) is 0 Å². The molecule has 1 N–H and O–H groups in total. The number of alkyl halides is 34. The number of hydrogen-bond donors (Lipinski definition) is 1. The van der Waals surface area contributed by atoms with Gasteiger partial charge in [0.1, 0.15) is 0 Å². The van der Waals surface area contributed by atoms with E-state index in [1.807, 2.05) is 0 Å². The van der Waals surface area contributed by atoms with Crippen molar-refractivity contribution < 1.29 is 159 Å². The van der Waals surface area contributed by atoms with Gasteiger partial charge in [0.2, 0.25) is 0 Å². The first-order chi connectivity index (χ1) is 27.7. The quantitative estimate of drug-likeness (QED) is 0.0772. The lowest BCUT2D eigenvalue weighted by molar-refractivity contribution is -0.461. The van der Waals surface area contributed by atoms with Crippen molar-refractivity contribution >= 4 is 29.5 Å². The Labute approximate surface area is 345 Å². The van der Waals surface area contributed by atoms with Crippen LogP contribution >= 0.6 is 23.5 Å². The number of carboxylic acid groups (broad SMARTS) is 1. The van der Waals surface area contributed by atoms with Gasteiger partial charge in [0, 0.05) is 30.8 Å². The smallest absolute Gasteiger partial charge is 0.460 e. The van der Waals surface area contributed by atoms with Crippen LogP contribution in [0.3, 0.4) is 0 Å². The molecule has 65 heavy (non-hydrogen) atoms. The van der Waals surface area contributed by atoms with Crippen LogP contribution in [-0.2, 0) is 4.79 Å². The fourth-order valence-corrected chi connectivity index (χ4v) is 7.62. The molecule has 2 nitrogen and oxygen atoms in total. The van der Waals surface area contributed by atoms with Gasteiger partial charge in [0.25, 0.3) is 0 Å². The molecule has 0 spiro atoms. The second-order valence-electron chi connectivity index (χ2n) is 13.8. The second kappa shape index (κ2) is 17.6. The molecule has 0 saturated carbocycles. The number of hydrogen-bond acceptors (Lipinski definition) is 3. The molecular weight excluding hydrogens is 1070 g/mol. The molecule has 0 fully saturated rings. The summed E-state index contributed by atoms with van der Waals surface area (Å²) in [4.78, 5) is 11.0. The molecule has 0 aliphatic carbocycles. The van der Waals surface area contributed by atoms with Crippen LogP contribution in [-0.4, -0.2) is 122 Å². The van der Waals surface area contributed by atoms with E-state index in [0.29, 0.717) is 13.8 Å². The van der Waals surface area contributed by atoms with Gasteiger partial charge in [-0.1, -0.05) is 13.8 Å². The highest BCUT2D eigenvalue weighted by Crippen LogP contribution is 2.66. The van der Waals surface area contributed by atoms with Crippen molar-refractivity contribution in [3.8, 4) is 0 Å². The molecule has 0 aromatic carbocycles. The summed E-state index contributed by atoms with van der Waals surface area (Å²) in [6.07, 6.45) is -24.9. The predicted octanol–water partition coefficient (Wildman–Crippen LogP) is 14.5. The van der Waals surface area contributed by atoms with E-state index < -0.39 is 172 Å². The van der Waals surface area contributed by atoms with Crippen LogP contribution in [0.1, 0.15) is 39.5 Å². The van der Waals surface area contributed by atoms with Gasteiger partial charge < -0.3 is 5.11 Å². The minimum Gasteiger partial charge on any atom is -0.481 e. The molecule has 390 valence electrons. The van der Waals surface area contributed by atoms with Crippen LogP contribution < -0.4 is 0 Å². The molecule has 0 aromatic heterocycles. The molecule has 0 atom stereocenters. The third-order valence-corrected chi connectivity index (χ3v) is 12.1. The maximum Gasteiger partial charge on any atom is 0.460 e. The van der Waals surface area contributed by atoms with E-state index in [1.54, 1.807) is 0 Å². The Morgan fingerprint density at radius 3 is 0.754 bits per heavy atom. The summed E-state index contributed by atoms with van der Waals surface area (Å²) >= 11 is -1.36. The molecule has 0 bridgehead atoms. The lowest BCUT2D eigenvalue weighted by Crippen LogP contribution is -2.74. The predicted molar refractivity (Wildman–Crippen MR) is 150 cm³/mol. The number of thioether (sulfide) groups is 2. The van der Waals surface area contributed by atoms with Crippen molar-refractivity contribution in [3.63, 3.8) is 0 Å². The summed E-state index contributed by atoms with van der Waals surface area (Å²) in [5, 5.41) is 8.83. The van der Waals surface area contributed by atoms with Crippen molar-refractivity contribution in [2.24, 2.45) is 5.41 Å². The third-order valence-electron chi connectivity index (χ3n) is 8.57. The van der Waals surface area contributed by atoms with Gasteiger partial charge in [0.15, 0.2) is 0 Å². The Balaban J connectivity index is 6.85. The maximum absolute atomic E-state index is 14.4. The fraction of sp³-hybridized carbons (Fsp3) is 0.963. The zero-order chi connectivity index (χ0) is 53.3. The summed E-state index contributed by atoms with van der Waals surface area (Å²) in [5.41, 5.74) is -2.22. The monoisotopic (exact) mass is 1090 g/mol. The molecule has 0 rings (SSSR count). The molecule has 0 heterocycles. The summed E-state index contributed by atoms with van der Waals surface area (Å²) in [6.45, 7) is 1.25. The van der Waals surface area contributed by atoms with E-state index >= 15 is 0 Å². The van der Waals surface area contributed by atoms with E-state index in [0.717, 1.165) is 0 Å². The van der Waals surface area contributed by atoms with Crippen LogP contribution in [0.4, 0.5) is 149 Å². The van der Waals surface area contributed by atoms with Crippen LogP contribution in [0.5, 0.6) is 0 Å². The zero-order valence-electron chi connectivity index (χ0n) is 30.3. The minimum atomic E-state index is -9.03. The standard InChI is InChI=1S/C27H20F34O2S2/c1-11(2,4-3-9(62)63)10(64-7-5-12(28,29)14(32,33)16(36,37)18(40,41)20(44,45)22(48,49)24(52,53)26(56,57)58)65-8-6-13(30,31)15(34,35)17(38,39)19(42,43)21(46,47)23(50,51)25(54,55)27(59,60)61/h10H,3-8H2,1-2H3,(H,62,63). The van der Waals surface area contributed by atoms with Gasteiger partial charge in [0.05, 0.1) is 4.58 Å². The lowest BCUT2D eigenvalue weighted by atomic mass is 9.88. The van der Waals surface area contributed by atoms with Gasteiger partial charge in [-0.15, -0.1) is 23.5 Å². The van der Waals surface area contributed by atoms with Crippen LogP contribution in [0.25, 0.3) is 0 Å². The summed E-state index contributed by atoms with van der Waals surface area (Å²) < 4.78 is 459. The number of aliphatic carboxylic acids is 1. The Hall–Kier alpha value is -2.21. The molecule has 38 heteroatoms. The average Bonchev–Trinajstić information content (AvgIpc) is 3.07. The van der Waals surface area contributed by atoms with Crippen LogP contribution in [0.2, 0.25) is 0 Å². The van der Waals surface area contributed by atoms with Crippen molar-refractivity contribution in [2.45, 2.75) is 139 Å². The fourth-order valence-electron chi connectivity index (χ4n) is 4.34. The van der Waals surface area contributed by atoms with Crippen molar-refractivity contribution in [2.75, 3.05) is 11.5 Å². The second-order valence-corrected chi connectivity index (χ2v) is 16.5. The first-order valence-electron chi connectivity index (χ1n) is 15.6. The average molecular weight is 1090 g/mol. The van der Waals surface area contributed by atoms with Crippen molar-refractivity contribution in [3.05, 3.63) is 0 Å². The Morgan fingerprint density at radius 1 is 0.354 bits per heavy atom. The van der Waals surface area contributed by atoms with Crippen molar-refractivity contribution in [1.82, 2.24) is 0 Å². The highest BCUT2D eigenvalue weighted by molar-refractivity contribution is 8.17. The number of rotatable bonds is 24. The molecule has 0 amide bonds. The Morgan fingerprint density at radius 2 is 0.554 bits per heavy atom. The van der Waals surface area contributed by atoms with Gasteiger partial charge in [-0.05, 0) is 11.8 Å². The normalized spacial score (nSPS) is 16.4. The summed E-state index contributed by atoms with van der Waals surface area (Å²) in [7, 11) is 0. The molecule has 0 saturated heterocycles. The minimum absolute atomic E-state index is 0.626. The van der Waals surface area contributed by atoms with Crippen LogP contribution in [0, 0.1) is 5.41 Å². The summed E-state index contributed by atoms with van der Waals surface area (Å²) in [6, 6.07) is 0. The van der Waals surface area contributed by atoms with Crippen molar-refractivity contribution in [1.29, 1.82) is 0 Å². The molecular formula is C27H20F34O2S2. The number of halogens is 34. The third kappa shape index (κ3) is 9.84. The summed E-state index contributed by atoms with van der Waals surface area (Å²) in [5.74, 6) is -125. The first-order valence-corrected chi connectivity index (χ1v) is 17.7. The van der Waals surface area contributed by atoms with Crippen LogP contribution in [0.15, 0.2) is 0 Å².